The molecule has 0 saturated carbocycles. The molecule has 2 N–H and O–H groups in total. The lowest BCUT2D eigenvalue weighted by Gasteiger charge is -2.34. The Labute approximate surface area is 191 Å². The minimum absolute atomic E-state index is 0. The Kier molecular flexibility index (Phi) is 10.8. The quantitative estimate of drug-likeness (QED) is 0.231. The first-order chi connectivity index (χ1) is 13.8. The van der Waals surface area contributed by atoms with Gasteiger partial charge in [-0.05, 0) is 43.7 Å². The maximum Gasteiger partial charge on any atom is 0.193 e. The summed E-state index contributed by atoms with van der Waals surface area (Å²) in [6.45, 7) is 4.49. The van der Waals surface area contributed by atoms with Gasteiger partial charge in [0, 0.05) is 64.1 Å². The van der Waals surface area contributed by atoms with Crippen molar-refractivity contribution >= 4 is 40.8 Å². The molecule has 1 aromatic heterocycles. The van der Waals surface area contributed by atoms with Crippen molar-refractivity contribution in [1.29, 1.82) is 0 Å². The number of aromatic nitrogens is 1. The Morgan fingerprint density at radius 2 is 2.00 bits per heavy atom. The molecule has 3 rings (SSSR count). The minimum Gasteiger partial charge on any atom is -0.385 e. The Morgan fingerprint density at radius 3 is 2.76 bits per heavy atom. The van der Waals surface area contributed by atoms with Crippen molar-refractivity contribution in [1.82, 2.24) is 15.2 Å². The molecule has 0 bridgehead atoms. The first-order valence-corrected chi connectivity index (χ1v) is 10.4. The fourth-order valence-electron chi connectivity index (χ4n) is 3.84. The normalized spacial score (nSPS) is 15.5. The number of halogens is 1. The van der Waals surface area contributed by atoms with Crippen LogP contribution in [0.3, 0.4) is 0 Å². The number of ether oxygens (including phenoxy) is 2. The standard InChI is InChI=1S/C22H34N4O2.HI/c1-23-22(26-13-10-19(11-14-26)28-16-6-15-27-2)24-12-5-7-18-17-25-21-9-4-3-8-20(18)21;/h3-4,8-9,17,19,25H,5-7,10-16H2,1-2H3,(H,23,24);1H. The highest BCUT2D eigenvalue weighted by Crippen LogP contribution is 2.19. The molecular weight excluding hydrogens is 479 g/mol. The van der Waals surface area contributed by atoms with E-state index in [0.717, 1.165) is 70.9 Å². The van der Waals surface area contributed by atoms with Crippen LogP contribution < -0.4 is 5.32 Å². The molecule has 0 atom stereocenters. The van der Waals surface area contributed by atoms with Crippen molar-refractivity contribution < 1.29 is 9.47 Å². The number of rotatable bonds is 9. The summed E-state index contributed by atoms with van der Waals surface area (Å²) in [5.74, 6) is 1.01. The first kappa shape index (κ1) is 24.0. The number of hydrogen-bond acceptors (Lipinski definition) is 3. The van der Waals surface area contributed by atoms with Crippen LogP contribution in [0.5, 0.6) is 0 Å². The fraction of sp³-hybridized carbons (Fsp3) is 0.591. The number of aromatic amines is 1. The van der Waals surface area contributed by atoms with Crippen LogP contribution in [0.2, 0.25) is 0 Å². The SMILES string of the molecule is CN=C(NCCCc1c[nH]c2ccccc12)N1CCC(OCCCOC)CC1.I. The molecular formula is C22H35IN4O2. The number of methoxy groups -OCH3 is 1. The molecule has 0 amide bonds. The minimum atomic E-state index is 0. The Balaban J connectivity index is 0.00000300. The fourth-order valence-corrected chi connectivity index (χ4v) is 3.84. The van der Waals surface area contributed by atoms with E-state index in [2.05, 4.69) is 50.7 Å². The lowest BCUT2D eigenvalue weighted by Crippen LogP contribution is -2.47. The van der Waals surface area contributed by atoms with Gasteiger partial charge in [0.2, 0.25) is 0 Å². The second-order valence-electron chi connectivity index (χ2n) is 7.34. The lowest BCUT2D eigenvalue weighted by molar-refractivity contribution is 0.00991. The molecule has 1 saturated heterocycles. The molecule has 7 heteroatoms. The summed E-state index contributed by atoms with van der Waals surface area (Å²) in [6, 6.07) is 8.49. The first-order valence-electron chi connectivity index (χ1n) is 10.4. The monoisotopic (exact) mass is 514 g/mol. The van der Waals surface area contributed by atoms with Gasteiger partial charge in [-0.3, -0.25) is 4.99 Å². The number of aryl methyl sites for hydroxylation is 1. The summed E-state index contributed by atoms with van der Waals surface area (Å²) in [5, 5.41) is 4.87. The van der Waals surface area contributed by atoms with E-state index >= 15 is 0 Å². The summed E-state index contributed by atoms with van der Waals surface area (Å²) in [4.78, 5) is 10.2. The molecule has 0 spiro atoms. The van der Waals surface area contributed by atoms with Crippen molar-refractivity contribution in [2.75, 3.05) is 47.0 Å². The summed E-state index contributed by atoms with van der Waals surface area (Å²) in [5.41, 5.74) is 2.60. The topological polar surface area (TPSA) is 61.9 Å². The van der Waals surface area contributed by atoms with Gasteiger partial charge in [0.1, 0.15) is 0 Å². The molecule has 29 heavy (non-hydrogen) atoms. The van der Waals surface area contributed by atoms with Gasteiger partial charge in [0.05, 0.1) is 6.10 Å². The van der Waals surface area contributed by atoms with E-state index in [1.807, 2.05) is 7.05 Å². The van der Waals surface area contributed by atoms with E-state index in [0.29, 0.717) is 6.10 Å². The van der Waals surface area contributed by atoms with Crippen LogP contribution in [-0.2, 0) is 15.9 Å². The van der Waals surface area contributed by atoms with Crippen molar-refractivity contribution in [3.8, 4) is 0 Å². The van der Waals surface area contributed by atoms with Crippen molar-refractivity contribution in [3.05, 3.63) is 36.0 Å². The third-order valence-corrected chi connectivity index (χ3v) is 5.38. The predicted molar refractivity (Wildman–Crippen MR) is 130 cm³/mol. The summed E-state index contributed by atoms with van der Waals surface area (Å²) >= 11 is 0. The predicted octanol–water partition coefficient (Wildman–Crippen LogP) is 3.81. The van der Waals surface area contributed by atoms with E-state index in [1.165, 1.54) is 16.5 Å². The number of fused-ring (bicyclic) bond motifs is 1. The number of aliphatic imine (C=N–C) groups is 1. The molecule has 1 fully saturated rings. The average molecular weight is 514 g/mol. The van der Waals surface area contributed by atoms with Gasteiger partial charge in [-0.1, -0.05) is 18.2 Å². The average Bonchev–Trinajstić information content (AvgIpc) is 3.15. The number of nitrogens with one attached hydrogen (secondary N) is 2. The van der Waals surface area contributed by atoms with Crippen LogP contribution in [-0.4, -0.2) is 69.0 Å². The van der Waals surface area contributed by atoms with E-state index in [1.54, 1.807) is 7.11 Å². The van der Waals surface area contributed by atoms with Gasteiger partial charge < -0.3 is 24.7 Å². The van der Waals surface area contributed by atoms with Crippen molar-refractivity contribution in [2.24, 2.45) is 4.99 Å². The molecule has 0 aliphatic carbocycles. The number of benzene rings is 1. The Morgan fingerprint density at radius 1 is 1.21 bits per heavy atom. The molecule has 1 aliphatic rings. The zero-order chi connectivity index (χ0) is 19.6. The van der Waals surface area contributed by atoms with Gasteiger partial charge in [0.15, 0.2) is 5.96 Å². The second-order valence-corrected chi connectivity index (χ2v) is 7.34. The summed E-state index contributed by atoms with van der Waals surface area (Å²) in [6.07, 6.45) is 7.73. The highest BCUT2D eigenvalue weighted by atomic mass is 127. The third kappa shape index (κ3) is 7.15. The molecule has 2 heterocycles. The smallest absolute Gasteiger partial charge is 0.193 e. The molecule has 0 radical (unpaired) electrons. The molecule has 162 valence electrons. The highest BCUT2D eigenvalue weighted by Gasteiger charge is 2.21. The number of nitrogens with zero attached hydrogens (tertiary/aromatic N) is 2. The lowest BCUT2D eigenvalue weighted by atomic mass is 10.1. The van der Waals surface area contributed by atoms with Crippen LogP contribution in [0.15, 0.2) is 35.5 Å². The zero-order valence-electron chi connectivity index (χ0n) is 17.7. The summed E-state index contributed by atoms with van der Waals surface area (Å²) in [7, 11) is 3.60. The van der Waals surface area contributed by atoms with Crippen LogP contribution in [0.1, 0.15) is 31.2 Å². The van der Waals surface area contributed by atoms with Crippen molar-refractivity contribution in [3.63, 3.8) is 0 Å². The molecule has 6 nitrogen and oxygen atoms in total. The van der Waals surface area contributed by atoms with E-state index < -0.39 is 0 Å². The van der Waals surface area contributed by atoms with Gasteiger partial charge in [-0.15, -0.1) is 24.0 Å². The summed E-state index contributed by atoms with van der Waals surface area (Å²) < 4.78 is 11.0. The maximum atomic E-state index is 5.95. The van der Waals surface area contributed by atoms with E-state index in [-0.39, 0.29) is 24.0 Å². The van der Waals surface area contributed by atoms with E-state index in [4.69, 9.17) is 9.47 Å². The van der Waals surface area contributed by atoms with Crippen molar-refractivity contribution in [2.45, 2.75) is 38.2 Å². The van der Waals surface area contributed by atoms with Gasteiger partial charge in [-0.25, -0.2) is 0 Å². The molecule has 0 unspecified atom stereocenters. The van der Waals surface area contributed by atoms with Crippen LogP contribution in [0.4, 0.5) is 0 Å². The molecule has 1 aromatic carbocycles. The van der Waals surface area contributed by atoms with Gasteiger partial charge in [0.25, 0.3) is 0 Å². The Hall–Kier alpha value is -1.32. The number of likely N-dealkylation sites (tertiary alicyclic amines) is 1. The number of hydrogen-bond donors (Lipinski definition) is 2. The molecule has 1 aliphatic heterocycles. The number of guanidine groups is 1. The van der Waals surface area contributed by atoms with E-state index in [9.17, 15) is 0 Å². The number of H-pyrrole nitrogens is 1. The van der Waals surface area contributed by atoms with Crippen LogP contribution in [0.25, 0.3) is 10.9 Å². The number of para-hydroxylation sites is 1. The number of piperidine rings is 1. The highest BCUT2D eigenvalue weighted by molar-refractivity contribution is 14.0. The Bertz CT molecular complexity index is 741. The van der Waals surface area contributed by atoms with Gasteiger partial charge >= 0.3 is 0 Å². The van der Waals surface area contributed by atoms with Gasteiger partial charge in [-0.2, -0.15) is 0 Å². The maximum absolute atomic E-state index is 5.95. The van der Waals surface area contributed by atoms with Crippen LogP contribution in [0, 0.1) is 0 Å². The zero-order valence-corrected chi connectivity index (χ0v) is 20.0. The van der Waals surface area contributed by atoms with Crippen LogP contribution >= 0.6 is 24.0 Å². The molecule has 2 aromatic rings. The second kappa shape index (κ2) is 13.1. The largest absolute Gasteiger partial charge is 0.385 e. The third-order valence-electron chi connectivity index (χ3n) is 5.38.